The van der Waals surface area contributed by atoms with Crippen molar-refractivity contribution in [1.29, 1.82) is 0 Å². The normalized spacial score (nSPS) is 11.2. The van der Waals surface area contributed by atoms with Gasteiger partial charge in [0.15, 0.2) is 0 Å². The van der Waals surface area contributed by atoms with E-state index in [0.717, 1.165) is 27.6 Å². The van der Waals surface area contributed by atoms with E-state index in [9.17, 15) is 0 Å². The zero-order valence-electron chi connectivity index (χ0n) is 9.84. The molecular weight excluding hydrogens is 230 g/mol. The molecule has 0 spiro atoms. The third-order valence-corrected chi connectivity index (χ3v) is 3.77. The first-order valence-electron chi connectivity index (χ1n) is 5.68. The van der Waals surface area contributed by atoms with Crippen molar-refractivity contribution < 1.29 is 0 Å². The fourth-order valence-electron chi connectivity index (χ4n) is 1.83. The highest BCUT2D eigenvalue weighted by atomic mass is 32.1. The summed E-state index contributed by atoms with van der Waals surface area (Å²) < 4.78 is 1.88. The Bertz CT molecular complexity index is 635. The fourth-order valence-corrected chi connectivity index (χ4v) is 2.64. The van der Waals surface area contributed by atoms with Crippen LogP contribution < -0.4 is 0 Å². The lowest BCUT2D eigenvalue weighted by molar-refractivity contribution is 0.910. The summed E-state index contributed by atoms with van der Waals surface area (Å²) in [6.07, 6.45) is 2.97. The summed E-state index contributed by atoms with van der Waals surface area (Å²) in [5.41, 5.74) is 3.40. The van der Waals surface area contributed by atoms with E-state index >= 15 is 0 Å². The van der Waals surface area contributed by atoms with E-state index < -0.39 is 0 Å². The van der Waals surface area contributed by atoms with Crippen LogP contribution in [0.15, 0.2) is 30.5 Å². The number of aryl methyl sites for hydroxylation is 2. The Morgan fingerprint density at radius 3 is 2.94 bits per heavy atom. The van der Waals surface area contributed by atoms with Crippen molar-refractivity contribution in [3.63, 3.8) is 0 Å². The standard InChI is InChI=1S/C13H13N3S/c1-3-12-15-16-8-11(14-13(16)17-12)10-6-4-5-9(2)7-10/h4-8H,3H2,1-2H3. The number of fused-ring (bicyclic) bond motifs is 1. The molecule has 2 aromatic heterocycles. The lowest BCUT2D eigenvalue weighted by Gasteiger charge is -1.97. The molecule has 3 aromatic rings. The summed E-state index contributed by atoms with van der Waals surface area (Å²) in [7, 11) is 0. The fraction of sp³-hybridized carbons (Fsp3) is 0.231. The average molecular weight is 243 g/mol. The van der Waals surface area contributed by atoms with Gasteiger partial charge in [-0.05, 0) is 19.4 Å². The van der Waals surface area contributed by atoms with E-state index in [-0.39, 0.29) is 0 Å². The molecule has 0 atom stereocenters. The number of rotatable bonds is 2. The molecule has 0 amide bonds. The van der Waals surface area contributed by atoms with E-state index in [2.05, 4.69) is 48.2 Å². The highest BCUT2D eigenvalue weighted by Gasteiger charge is 2.08. The molecule has 1 aromatic carbocycles. The molecule has 0 N–H and O–H groups in total. The molecule has 0 aliphatic heterocycles. The van der Waals surface area contributed by atoms with Gasteiger partial charge in [0, 0.05) is 5.56 Å². The maximum Gasteiger partial charge on any atom is 0.212 e. The van der Waals surface area contributed by atoms with Crippen LogP contribution in [0.2, 0.25) is 0 Å². The van der Waals surface area contributed by atoms with Gasteiger partial charge >= 0.3 is 0 Å². The Balaban J connectivity index is 2.09. The van der Waals surface area contributed by atoms with Crippen molar-refractivity contribution in [3.8, 4) is 11.3 Å². The van der Waals surface area contributed by atoms with Crippen molar-refractivity contribution >= 4 is 16.3 Å². The predicted molar refractivity (Wildman–Crippen MR) is 70.4 cm³/mol. The van der Waals surface area contributed by atoms with Crippen LogP contribution >= 0.6 is 11.3 Å². The summed E-state index contributed by atoms with van der Waals surface area (Å²) in [5, 5.41) is 5.60. The van der Waals surface area contributed by atoms with Crippen molar-refractivity contribution in [2.45, 2.75) is 20.3 Å². The van der Waals surface area contributed by atoms with Crippen LogP contribution in [0.4, 0.5) is 0 Å². The van der Waals surface area contributed by atoms with Gasteiger partial charge in [0.05, 0.1) is 11.9 Å². The molecule has 0 bridgehead atoms. The van der Waals surface area contributed by atoms with Crippen LogP contribution in [0, 0.1) is 6.92 Å². The van der Waals surface area contributed by atoms with Crippen molar-refractivity contribution in [3.05, 3.63) is 41.0 Å². The minimum Gasteiger partial charge on any atom is -0.217 e. The number of aromatic nitrogens is 3. The maximum atomic E-state index is 4.61. The summed E-state index contributed by atoms with van der Waals surface area (Å²) >= 11 is 1.66. The zero-order valence-corrected chi connectivity index (χ0v) is 10.7. The number of nitrogens with zero attached hydrogens (tertiary/aromatic N) is 3. The number of hydrogen-bond donors (Lipinski definition) is 0. The molecule has 0 aliphatic carbocycles. The number of imidazole rings is 1. The quantitative estimate of drug-likeness (QED) is 0.691. The summed E-state index contributed by atoms with van der Waals surface area (Å²) in [6, 6.07) is 8.38. The second-order valence-corrected chi connectivity index (χ2v) is 5.11. The van der Waals surface area contributed by atoms with Gasteiger partial charge in [-0.2, -0.15) is 5.10 Å². The average Bonchev–Trinajstić information content (AvgIpc) is 2.86. The zero-order chi connectivity index (χ0) is 11.8. The van der Waals surface area contributed by atoms with Crippen LogP contribution in [0.5, 0.6) is 0 Å². The first-order valence-corrected chi connectivity index (χ1v) is 6.50. The molecule has 3 rings (SSSR count). The lowest BCUT2D eigenvalue weighted by Crippen LogP contribution is -1.83. The van der Waals surface area contributed by atoms with Crippen LogP contribution in [-0.2, 0) is 6.42 Å². The topological polar surface area (TPSA) is 30.2 Å². The Hall–Kier alpha value is -1.68. The van der Waals surface area contributed by atoms with Gasteiger partial charge in [-0.15, -0.1) is 0 Å². The summed E-state index contributed by atoms with van der Waals surface area (Å²) in [5.74, 6) is 0. The van der Waals surface area contributed by atoms with Gasteiger partial charge in [0.25, 0.3) is 0 Å². The number of hydrogen-bond acceptors (Lipinski definition) is 3. The Kier molecular flexibility index (Phi) is 2.44. The molecule has 0 aliphatic rings. The van der Waals surface area contributed by atoms with E-state index in [1.165, 1.54) is 5.56 Å². The molecule has 2 heterocycles. The Labute approximate surface area is 104 Å². The second-order valence-electron chi connectivity index (χ2n) is 4.07. The van der Waals surface area contributed by atoms with Crippen LogP contribution in [-0.4, -0.2) is 14.6 Å². The van der Waals surface area contributed by atoms with E-state index in [1.807, 2.05) is 10.7 Å². The predicted octanol–water partition coefficient (Wildman–Crippen LogP) is 3.33. The van der Waals surface area contributed by atoms with Gasteiger partial charge in [0.2, 0.25) is 4.96 Å². The SMILES string of the molecule is CCc1nn2cc(-c3cccc(C)c3)nc2s1. The molecule has 17 heavy (non-hydrogen) atoms. The minimum atomic E-state index is 0.966. The maximum absolute atomic E-state index is 4.61. The molecule has 3 nitrogen and oxygen atoms in total. The van der Waals surface area contributed by atoms with Gasteiger partial charge < -0.3 is 0 Å². The highest BCUT2D eigenvalue weighted by Crippen LogP contribution is 2.22. The van der Waals surface area contributed by atoms with Crippen LogP contribution in [0.25, 0.3) is 16.2 Å². The first-order chi connectivity index (χ1) is 8.26. The van der Waals surface area contributed by atoms with Crippen molar-refractivity contribution in [2.75, 3.05) is 0 Å². The van der Waals surface area contributed by atoms with Crippen molar-refractivity contribution in [1.82, 2.24) is 14.6 Å². The molecule has 0 saturated carbocycles. The molecule has 0 fully saturated rings. The first kappa shape index (κ1) is 10.5. The monoisotopic (exact) mass is 243 g/mol. The van der Waals surface area contributed by atoms with Crippen molar-refractivity contribution in [2.24, 2.45) is 0 Å². The van der Waals surface area contributed by atoms with Crippen LogP contribution in [0.1, 0.15) is 17.5 Å². The van der Waals surface area contributed by atoms with E-state index in [1.54, 1.807) is 11.3 Å². The van der Waals surface area contributed by atoms with Crippen LogP contribution in [0.3, 0.4) is 0 Å². The molecular formula is C13H13N3S. The third kappa shape index (κ3) is 1.85. The lowest BCUT2D eigenvalue weighted by atomic mass is 10.1. The van der Waals surface area contributed by atoms with Gasteiger partial charge in [-0.25, -0.2) is 9.50 Å². The minimum absolute atomic E-state index is 0.966. The molecule has 0 saturated heterocycles. The molecule has 0 radical (unpaired) electrons. The summed E-state index contributed by atoms with van der Waals surface area (Å²) in [6.45, 7) is 4.20. The second kappa shape index (κ2) is 3.96. The molecule has 0 unspecified atom stereocenters. The Morgan fingerprint density at radius 2 is 2.24 bits per heavy atom. The third-order valence-electron chi connectivity index (χ3n) is 2.70. The van der Waals surface area contributed by atoms with Gasteiger partial charge in [0.1, 0.15) is 5.01 Å². The van der Waals surface area contributed by atoms with E-state index in [4.69, 9.17) is 0 Å². The Morgan fingerprint density at radius 1 is 1.35 bits per heavy atom. The molecule has 86 valence electrons. The summed E-state index contributed by atoms with van der Waals surface area (Å²) in [4.78, 5) is 5.58. The smallest absolute Gasteiger partial charge is 0.212 e. The van der Waals surface area contributed by atoms with Gasteiger partial charge in [-0.3, -0.25) is 0 Å². The highest BCUT2D eigenvalue weighted by molar-refractivity contribution is 7.16. The van der Waals surface area contributed by atoms with Gasteiger partial charge in [-0.1, -0.05) is 42.0 Å². The number of benzene rings is 1. The van der Waals surface area contributed by atoms with E-state index in [0.29, 0.717) is 0 Å². The molecule has 4 heteroatoms. The largest absolute Gasteiger partial charge is 0.217 e.